The van der Waals surface area contributed by atoms with Gasteiger partial charge in [0.1, 0.15) is 11.5 Å². The number of hydrogen-bond acceptors (Lipinski definition) is 4. The lowest BCUT2D eigenvalue weighted by Gasteiger charge is -2.38. The van der Waals surface area contributed by atoms with Gasteiger partial charge in [0.2, 0.25) is 6.23 Å². The number of hydrazone groups is 1. The van der Waals surface area contributed by atoms with E-state index < -0.39 is 6.23 Å². The van der Waals surface area contributed by atoms with Crippen molar-refractivity contribution in [1.29, 1.82) is 0 Å². The summed E-state index contributed by atoms with van der Waals surface area (Å²) in [4.78, 5) is 0. The number of phenols is 1. The van der Waals surface area contributed by atoms with Crippen LogP contribution in [0.2, 0.25) is 10.0 Å². The number of ether oxygens (including phenoxy) is 1. The van der Waals surface area contributed by atoms with Gasteiger partial charge in [-0.15, -0.1) is 0 Å². The van der Waals surface area contributed by atoms with E-state index >= 15 is 0 Å². The molecule has 0 amide bonds. The van der Waals surface area contributed by atoms with Crippen molar-refractivity contribution in [3.8, 4) is 11.5 Å². The van der Waals surface area contributed by atoms with Gasteiger partial charge in [-0.25, -0.2) is 5.01 Å². The second-order valence-corrected chi connectivity index (χ2v) is 7.74. The number of phenolic OH excluding ortho intramolecular Hbond substituents is 1. The first kappa shape index (κ1) is 17.4. The van der Waals surface area contributed by atoms with Gasteiger partial charge in [0.25, 0.3) is 0 Å². The topological polar surface area (TPSA) is 45.1 Å². The summed E-state index contributed by atoms with van der Waals surface area (Å²) in [6.07, 6.45) is 0.170. The highest BCUT2D eigenvalue weighted by molar-refractivity contribution is 6.31. The van der Waals surface area contributed by atoms with E-state index in [1.54, 1.807) is 18.2 Å². The van der Waals surface area contributed by atoms with Crippen LogP contribution in [-0.4, -0.2) is 15.8 Å². The summed E-state index contributed by atoms with van der Waals surface area (Å²) in [5, 5.41) is 18.4. The molecule has 28 heavy (non-hydrogen) atoms. The lowest BCUT2D eigenvalue weighted by Crippen LogP contribution is -2.33. The first-order valence-corrected chi connectivity index (χ1v) is 9.71. The largest absolute Gasteiger partial charge is 0.507 e. The minimum absolute atomic E-state index is 0.0130. The number of rotatable bonds is 2. The van der Waals surface area contributed by atoms with E-state index in [9.17, 15) is 5.11 Å². The number of fused-ring (bicyclic) bond motifs is 3. The van der Waals surface area contributed by atoms with Crippen LogP contribution in [0.4, 0.5) is 0 Å². The zero-order valence-electron chi connectivity index (χ0n) is 14.7. The van der Waals surface area contributed by atoms with E-state index in [1.165, 1.54) is 0 Å². The van der Waals surface area contributed by atoms with Crippen LogP contribution in [0.15, 0.2) is 71.8 Å². The highest BCUT2D eigenvalue weighted by Gasteiger charge is 2.41. The van der Waals surface area contributed by atoms with Crippen molar-refractivity contribution >= 4 is 28.9 Å². The molecule has 0 aromatic heterocycles. The second-order valence-electron chi connectivity index (χ2n) is 6.86. The van der Waals surface area contributed by atoms with Gasteiger partial charge in [0.05, 0.1) is 17.3 Å². The van der Waals surface area contributed by atoms with E-state index in [0.29, 0.717) is 15.6 Å². The number of halogens is 2. The third-order valence-electron chi connectivity index (χ3n) is 5.13. The number of para-hydroxylation sites is 1. The van der Waals surface area contributed by atoms with Gasteiger partial charge in [-0.05, 0) is 42.0 Å². The summed E-state index contributed by atoms with van der Waals surface area (Å²) < 4.78 is 6.25. The Kier molecular flexibility index (Phi) is 4.18. The molecule has 4 nitrogen and oxygen atoms in total. The summed E-state index contributed by atoms with van der Waals surface area (Å²) in [6, 6.07) is 20.6. The number of benzene rings is 3. The highest BCUT2D eigenvalue weighted by atomic mass is 35.5. The number of aromatic hydroxyl groups is 1. The Morgan fingerprint density at radius 1 is 0.929 bits per heavy atom. The predicted octanol–water partition coefficient (Wildman–Crippen LogP) is 5.94. The van der Waals surface area contributed by atoms with Gasteiger partial charge in [-0.2, -0.15) is 5.10 Å². The molecule has 2 atom stereocenters. The molecule has 2 heterocycles. The Labute approximate surface area is 172 Å². The molecule has 0 radical (unpaired) electrons. The molecule has 0 fully saturated rings. The quantitative estimate of drug-likeness (QED) is 0.568. The standard InChI is InChI=1S/C22H16Cl2N2O2/c23-14-7-5-13(6-8-14)18-12-19-16-3-1-2-4-21(16)28-22(26(19)25-18)17-11-15(24)9-10-20(17)27/h1-11,19,22,27H,12H2/t19-,22+/m0/s1. The maximum absolute atomic E-state index is 10.4. The van der Waals surface area contributed by atoms with E-state index in [4.69, 9.17) is 33.0 Å². The van der Waals surface area contributed by atoms with Gasteiger partial charge < -0.3 is 9.84 Å². The van der Waals surface area contributed by atoms with Crippen molar-refractivity contribution in [1.82, 2.24) is 5.01 Å². The highest BCUT2D eigenvalue weighted by Crippen LogP contribution is 2.48. The molecule has 1 N–H and O–H groups in total. The summed E-state index contributed by atoms with van der Waals surface area (Å²) in [6.45, 7) is 0. The third kappa shape index (κ3) is 2.89. The molecule has 2 aliphatic heterocycles. The van der Waals surface area contributed by atoms with Crippen molar-refractivity contribution in [2.45, 2.75) is 18.7 Å². The van der Waals surface area contributed by atoms with Crippen molar-refractivity contribution < 1.29 is 9.84 Å². The summed E-state index contributed by atoms with van der Waals surface area (Å²) in [5.74, 6) is 0.920. The molecule has 0 bridgehead atoms. The Morgan fingerprint density at radius 2 is 1.68 bits per heavy atom. The Balaban J connectivity index is 1.62. The van der Waals surface area contributed by atoms with Crippen molar-refractivity contribution in [3.63, 3.8) is 0 Å². The molecule has 6 heteroatoms. The Hall–Kier alpha value is -2.69. The van der Waals surface area contributed by atoms with E-state index in [0.717, 1.165) is 29.0 Å². The van der Waals surface area contributed by atoms with Crippen LogP contribution in [0.1, 0.15) is 35.4 Å². The lowest BCUT2D eigenvalue weighted by molar-refractivity contribution is -0.0203. The monoisotopic (exact) mass is 410 g/mol. The molecule has 0 saturated carbocycles. The molecule has 0 saturated heterocycles. The zero-order chi connectivity index (χ0) is 19.3. The smallest absolute Gasteiger partial charge is 0.217 e. The first-order chi connectivity index (χ1) is 13.6. The SMILES string of the molecule is Oc1ccc(Cl)cc1[C@H]1Oc2ccccc2[C@@H]2CC(c3ccc(Cl)cc3)=NN12. The molecule has 140 valence electrons. The van der Waals surface area contributed by atoms with E-state index in [1.807, 2.05) is 47.5 Å². The van der Waals surface area contributed by atoms with Gasteiger partial charge in [-0.3, -0.25) is 0 Å². The first-order valence-electron chi connectivity index (χ1n) is 8.96. The van der Waals surface area contributed by atoms with Crippen LogP contribution in [-0.2, 0) is 0 Å². The van der Waals surface area contributed by atoms with Crippen molar-refractivity contribution in [3.05, 3.63) is 93.5 Å². The minimum atomic E-state index is -0.566. The summed E-state index contributed by atoms with van der Waals surface area (Å²) in [5.41, 5.74) is 3.64. The second kappa shape index (κ2) is 6.73. The van der Waals surface area contributed by atoms with Crippen LogP contribution in [0, 0.1) is 0 Å². The fraction of sp³-hybridized carbons (Fsp3) is 0.136. The van der Waals surface area contributed by atoms with Crippen molar-refractivity contribution in [2.24, 2.45) is 5.10 Å². The van der Waals surface area contributed by atoms with Crippen LogP contribution in [0.25, 0.3) is 0 Å². The lowest BCUT2D eigenvalue weighted by atomic mass is 9.96. The average molecular weight is 411 g/mol. The maximum Gasteiger partial charge on any atom is 0.217 e. The predicted molar refractivity (Wildman–Crippen MR) is 110 cm³/mol. The van der Waals surface area contributed by atoms with E-state index in [-0.39, 0.29) is 11.8 Å². The molecular formula is C22H16Cl2N2O2. The summed E-state index contributed by atoms with van der Waals surface area (Å²) >= 11 is 12.2. The van der Waals surface area contributed by atoms with Gasteiger partial charge in [0.15, 0.2) is 0 Å². The Morgan fingerprint density at radius 3 is 2.50 bits per heavy atom. The van der Waals surface area contributed by atoms with Crippen LogP contribution in [0.3, 0.4) is 0 Å². The normalized spacial score (nSPS) is 20.2. The number of nitrogens with zero attached hydrogens (tertiary/aromatic N) is 2. The average Bonchev–Trinajstić information content (AvgIpc) is 3.15. The van der Waals surface area contributed by atoms with Crippen molar-refractivity contribution in [2.75, 3.05) is 0 Å². The van der Waals surface area contributed by atoms with E-state index in [2.05, 4.69) is 6.07 Å². The summed E-state index contributed by atoms with van der Waals surface area (Å²) in [7, 11) is 0. The van der Waals surface area contributed by atoms with Crippen LogP contribution < -0.4 is 4.74 Å². The van der Waals surface area contributed by atoms with Gasteiger partial charge in [-0.1, -0.05) is 53.5 Å². The molecule has 5 rings (SSSR count). The van der Waals surface area contributed by atoms with Gasteiger partial charge in [0, 0.05) is 22.0 Å². The maximum atomic E-state index is 10.4. The molecule has 3 aromatic carbocycles. The van der Waals surface area contributed by atoms with Gasteiger partial charge >= 0.3 is 0 Å². The third-order valence-corrected chi connectivity index (χ3v) is 5.62. The molecule has 0 spiro atoms. The molecule has 2 aliphatic rings. The molecule has 3 aromatic rings. The molecular weight excluding hydrogens is 395 g/mol. The fourth-order valence-corrected chi connectivity index (χ4v) is 4.09. The Bertz CT molecular complexity index is 1080. The fourth-order valence-electron chi connectivity index (χ4n) is 3.78. The molecule has 0 unspecified atom stereocenters. The minimum Gasteiger partial charge on any atom is -0.507 e. The number of hydrogen-bond donors (Lipinski definition) is 1. The van der Waals surface area contributed by atoms with Crippen LogP contribution >= 0.6 is 23.2 Å². The van der Waals surface area contributed by atoms with Crippen LogP contribution in [0.5, 0.6) is 11.5 Å². The molecule has 0 aliphatic carbocycles. The zero-order valence-corrected chi connectivity index (χ0v) is 16.2.